The summed E-state index contributed by atoms with van der Waals surface area (Å²) in [5, 5.41) is 0. The molecule has 2 aromatic rings. The Morgan fingerprint density at radius 2 is 1.68 bits per heavy atom. The summed E-state index contributed by atoms with van der Waals surface area (Å²) in [6, 6.07) is 8.53. The Bertz CT molecular complexity index is 590. The van der Waals surface area contributed by atoms with Crippen molar-refractivity contribution in [3.63, 3.8) is 0 Å². The zero-order valence-electron chi connectivity index (χ0n) is 10.00. The molecule has 0 unspecified atom stereocenters. The molecule has 0 aliphatic heterocycles. The molecule has 2 N–H and O–H groups in total. The second kappa shape index (κ2) is 6.12. The third-order valence-corrected chi connectivity index (χ3v) is 3.32. The van der Waals surface area contributed by atoms with Crippen LogP contribution >= 0.6 is 15.9 Å². The first-order valence-corrected chi connectivity index (χ1v) is 6.44. The maximum atomic E-state index is 13.1. The van der Waals surface area contributed by atoms with Gasteiger partial charge in [0, 0.05) is 12.6 Å². The number of benzene rings is 2. The number of rotatable bonds is 4. The highest BCUT2D eigenvalue weighted by atomic mass is 79.9. The Balaban J connectivity index is 2.16. The summed E-state index contributed by atoms with van der Waals surface area (Å²) in [6.45, 7) is 0.426. The van der Waals surface area contributed by atoms with E-state index in [4.69, 9.17) is 10.5 Å². The summed E-state index contributed by atoms with van der Waals surface area (Å²) in [5.74, 6) is -0.320. The van der Waals surface area contributed by atoms with Crippen LogP contribution in [0.1, 0.15) is 11.1 Å². The first-order valence-electron chi connectivity index (χ1n) is 5.65. The maximum Gasteiger partial charge on any atom is 0.136 e. The van der Waals surface area contributed by atoms with E-state index in [0.29, 0.717) is 15.8 Å². The van der Waals surface area contributed by atoms with Gasteiger partial charge in [0.15, 0.2) is 0 Å². The van der Waals surface area contributed by atoms with Gasteiger partial charge in [0.05, 0.1) is 4.47 Å². The summed E-state index contributed by atoms with van der Waals surface area (Å²) in [6.07, 6.45) is 0. The molecule has 0 amide bonds. The van der Waals surface area contributed by atoms with Gasteiger partial charge in [-0.05, 0) is 51.3 Å². The van der Waals surface area contributed by atoms with Gasteiger partial charge in [0.25, 0.3) is 0 Å². The second-order valence-corrected chi connectivity index (χ2v) is 4.83. The largest absolute Gasteiger partial charge is 0.488 e. The van der Waals surface area contributed by atoms with Crippen LogP contribution in [0.25, 0.3) is 0 Å². The molecular formula is C14H12BrF2NO. The molecule has 0 aliphatic carbocycles. The topological polar surface area (TPSA) is 35.2 Å². The number of nitrogens with two attached hydrogens (primary N) is 1. The first-order chi connectivity index (χ1) is 9.10. The van der Waals surface area contributed by atoms with Crippen molar-refractivity contribution < 1.29 is 13.5 Å². The SMILES string of the molecule is NCc1cc(F)ccc1COc1cc(F)ccc1Br. The Morgan fingerprint density at radius 3 is 2.42 bits per heavy atom. The zero-order chi connectivity index (χ0) is 13.8. The Hall–Kier alpha value is -1.46. The quantitative estimate of drug-likeness (QED) is 0.927. The van der Waals surface area contributed by atoms with E-state index in [0.717, 1.165) is 5.56 Å². The highest BCUT2D eigenvalue weighted by Gasteiger charge is 2.07. The summed E-state index contributed by atoms with van der Waals surface area (Å²) in [5.41, 5.74) is 7.00. The molecular weight excluding hydrogens is 316 g/mol. The van der Waals surface area contributed by atoms with Crippen molar-refractivity contribution in [3.05, 3.63) is 63.6 Å². The molecule has 0 spiro atoms. The fourth-order valence-electron chi connectivity index (χ4n) is 1.67. The minimum Gasteiger partial charge on any atom is -0.488 e. The average Bonchev–Trinajstić information content (AvgIpc) is 2.40. The average molecular weight is 328 g/mol. The number of halogens is 3. The van der Waals surface area contributed by atoms with E-state index in [1.807, 2.05) is 0 Å². The van der Waals surface area contributed by atoms with Crippen molar-refractivity contribution in [2.24, 2.45) is 5.73 Å². The molecule has 0 heterocycles. The van der Waals surface area contributed by atoms with Crippen LogP contribution in [0.5, 0.6) is 5.75 Å². The molecule has 0 atom stereocenters. The van der Waals surface area contributed by atoms with Crippen LogP contribution in [-0.4, -0.2) is 0 Å². The third kappa shape index (κ3) is 3.52. The number of hydrogen-bond donors (Lipinski definition) is 1. The maximum absolute atomic E-state index is 13.1. The van der Waals surface area contributed by atoms with Gasteiger partial charge in [-0.15, -0.1) is 0 Å². The van der Waals surface area contributed by atoms with Gasteiger partial charge in [-0.3, -0.25) is 0 Å². The standard InChI is InChI=1S/C14H12BrF2NO/c15-13-4-3-12(17)6-14(13)19-8-9-1-2-11(16)5-10(9)7-18/h1-6H,7-8,18H2. The minimum atomic E-state index is -0.378. The van der Waals surface area contributed by atoms with Gasteiger partial charge in [-0.1, -0.05) is 6.07 Å². The lowest BCUT2D eigenvalue weighted by Crippen LogP contribution is -2.05. The van der Waals surface area contributed by atoms with Gasteiger partial charge >= 0.3 is 0 Å². The van der Waals surface area contributed by atoms with Crippen LogP contribution in [0, 0.1) is 11.6 Å². The van der Waals surface area contributed by atoms with Crippen molar-refractivity contribution in [3.8, 4) is 5.75 Å². The van der Waals surface area contributed by atoms with Crippen molar-refractivity contribution in [1.82, 2.24) is 0 Å². The molecule has 2 aromatic carbocycles. The third-order valence-electron chi connectivity index (χ3n) is 2.66. The Kier molecular flexibility index (Phi) is 4.50. The Labute approximate surface area is 118 Å². The molecule has 5 heteroatoms. The summed E-state index contributed by atoms with van der Waals surface area (Å²) in [4.78, 5) is 0. The summed E-state index contributed by atoms with van der Waals surface area (Å²) in [7, 11) is 0. The highest BCUT2D eigenvalue weighted by Crippen LogP contribution is 2.26. The van der Waals surface area contributed by atoms with Gasteiger partial charge in [-0.2, -0.15) is 0 Å². The molecule has 0 radical (unpaired) electrons. The summed E-state index contributed by atoms with van der Waals surface area (Å²) >= 11 is 3.27. The lowest BCUT2D eigenvalue weighted by molar-refractivity contribution is 0.301. The molecule has 2 rings (SSSR count). The number of hydrogen-bond acceptors (Lipinski definition) is 2. The molecule has 0 saturated heterocycles. The van der Waals surface area contributed by atoms with E-state index < -0.39 is 0 Å². The smallest absolute Gasteiger partial charge is 0.136 e. The van der Waals surface area contributed by atoms with Crippen LogP contribution in [0.2, 0.25) is 0 Å². The second-order valence-electron chi connectivity index (χ2n) is 3.98. The van der Waals surface area contributed by atoms with Crippen LogP contribution in [0.15, 0.2) is 40.9 Å². The van der Waals surface area contributed by atoms with Crippen LogP contribution in [0.4, 0.5) is 8.78 Å². The molecule has 100 valence electrons. The van der Waals surface area contributed by atoms with Crippen LogP contribution in [0.3, 0.4) is 0 Å². The van der Waals surface area contributed by atoms with Gasteiger partial charge in [0.2, 0.25) is 0 Å². The molecule has 0 aromatic heterocycles. The van der Waals surface area contributed by atoms with Crippen molar-refractivity contribution in [2.45, 2.75) is 13.2 Å². The predicted molar refractivity (Wildman–Crippen MR) is 72.7 cm³/mol. The molecule has 0 aliphatic rings. The van der Waals surface area contributed by atoms with Crippen molar-refractivity contribution in [1.29, 1.82) is 0 Å². The first kappa shape index (κ1) is 14.0. The van der Waals surface area contributed by atoms with E-state index in [1.54, 1.807) is 12.1 Å². The van der Waals surface area contributed by atoms with Crippen molar-refractivity contribution >= 4 is 15.9 Å². The molecule has 0 bridgehead atoms. The molecule has 19 heavy (non-hydrogen) atoms. The lowest BCUT2D eigenvalue weighted by atomic mass is 10.1. The fourth-order valence-corrected chi connectivity index (χ4v) is 2.03. The zero-order valence-corrected chi connectivity index (χ0v) is 11.6. The lowest BCUT2D eigenvalue weighted by Gasteiger charge is -2.11. The van der Waals surface area contributed by atoms with E-state index in [1.165, 1.54) is 24.3 Å². The van der Waals surface area contributed by atoms with Gasteiger partial charge in [0.1, 0.15) is 24.0 Å². The van der Waals surface area contributed by atoms with E-state index in [9.17, 15) is 8.78 Å². The minimum absolute atomic E-state index is 0.203. The van der Waals surface area contributed by atoms with E-state index in [2.05, 4.69) is 15.9 Å². The van der Waals surface area contributed by atoms with E-state index >= 15 is 0 Å². The summed E-state index contributed by atoms with van der Waals surface area (Å²) < 4.78 is 32.3. The van der Waals surface area contributed by atoms with Crippen molar-refractivity contribution in [2.75, 3.05) is 0 Å². The Morgan fingerprint density at radius 1 is 1.00 bits per heavy atom. The number of ether oxygens (including phenoxy) is 1. The van der Waals surface area contributed by atoms with Gasteiger partial charge < -0.3 is 10.5 Å². The monoisotopic (exact) mass is 327 g/mol. The normalized spacial score (nSPS) is 10.5. The van der Waals surface area contributed by atoms with E-state index in [-0.39, 0.29) is 24.8 Å². The highest BCUT2D eigenvalue weighted by molar-refractivity contribution is 9.10. The predicted octanol–water partition coefficient (Wildman–Crippen LogP) is 3.77. The van der Waals surface area contributed by atoms with Crippen LogP contribution in [-0.2, 0) is 13.2 Å². The molecule has 2 nitrogen and oxygen atoms in total. The van der Waals surface area contributed by atoms with Gasteiger partial charge in [-0.25, -0.2) is 8.78 Å². The molecule has 0 saturated carbocycles. The van der Waals surface area contributed by atoms with Crippen LogP contribution < -0.4 is 10.5 Å². The fraction of sp³-hybridized carbons (Fsp3) is 0.143. The molecule has 0 fully saturated rings.